The Morgan fingerprint density at radius 2 is 1.04 bits per heavy atom. The Labute approximate surface area is 178 Å². The maximum absolute atomic E-state index is 12.8. The Morgan fingerprint density at radius 1 is 0.720 bits per heavy atom. The smallest absolute Gasteiger partial charge is 0.545 e. The summed E-state index contributed by atoms with van der Waals surface area (Å²) in [5, 5.41) is 20.5. The maximum atomic E-state index is 12.8. The van der Waals surface area contributed by atoms with Crippen molar-refractivity contribution in [3.8, 4) is 0 Å². The van der Waals surface area contributed by atoms with Gasteiger partial charge in [-0.1, -0.05) is 6.07 Å². The molecule has 0 amide bonds. The Morgan fingerprint density at radius 3 is 1.20 bits per heavy atom. The fourth-order valence-electron chi connectivity index (χ4n) is 1.33. The molecule has 0 unspecified atom stereocenters. The van der Waals surface area contributed by atoms with Gasteiger partial charge in [-0.2, -0.15) is 0 Å². The molecule has 0 fully saturated rings. The first-order valence-electron chi connectivity index (χ1n) is 5.42. The van der Waals surface area contributed by atoms with Crippen LogP contribution in [0.15, 0.2) is 30.6 Å². The average Bonchev–Trinajstić information content (AvgIpc) is 2.50. The Hall–Kier alpha value is -1.48. The van der Waals surface area contributed by atoms with Crippen LogP contribution in [0.1, 0.15) is 20.7 Å². The van der Waals surface area contributed by atoms with Crippen LogP contribution in [-0.2, 0) is 0 Å². The van der Waals surface area contributed by atoms with Crippen molar-refractivity contribution in [2.45, 2.75) is 0 Å². The van der Waals surface area contributed by atoms with Gasteiger partial charge in [0.2, 0.25) is 0 Å². The molecule has 0 spiro atoms. The first-order valence-corrected chi connectivity index (χ1v) is 5.42. The Kier molecular flexibility index (Phi) is 14.5. The zero-order valence-corrected chi connectivity index (χ0v) is 16.6. The summed E-state index contributed by atoms with van der Waals surface area (Å²) in [5.41, 5.74) is -3.87. The fraction of sp³-hybridized carbons (Fsp3) is 0. The van der Waals surface area contributed by atoms with Gasteiger partial charge in [0.25, 0.3) is 0 Å². The normalized spacial score (nSPS) is 8.48. The molecule has 2 rings (SSSR count). The molecule has 0 aliphatic carbocycles. The van der Waals surface area contributed by atoms with E-state index in [1.165, 1.54) is 0 Å². The summed E-state index contributed by atoms with van der Waals surface area (Å²) in [6.45, 7) is 0. The predicted molar refractivity (Wildman–Crippen MR) is 72.2 cm³/mol. The molecule has 1 aromatic carbocycles. The van der Waals surface area contributed by atoms with Crippen LogP contribution in [0.5, 0.6) is 0 Å². The van der Waals surface area contributed by atoms with Crippen LogP contribution in [0, 0.1) is 23.3 Å². The van der Waals surface area contributed by atoms with E-state index >= 15 is 0 Å². The second-order valence-electron chi connectivity index (χ2n) is 3.61. The number of carbonyl (C=O) groups is 2. The molecule has 2 aromatic rings. The monoisotopic (exact) mass is 489 g/mol. The number of nitrogens with zero attached hydrogens (tertiary/aromatic N) is 1. The number of hydrogen-bond donors (Lipinski definition) is 0. The molecule has 0 aliphatic rings. The second kappa shape index (κ2) is 12.8. The summed E-state index contributed by atoms with van der Waals surface area (Å²) in [6.07, 6.45) is 3.50. The molecule has 1 aromatic heterocycles. The van der Waals surface area contributed by atoms with E-state index in [0.29, 0.717) is 0 Å². The van der Waals surface area contributed by atoms with Crippen LogP contribution in [0.4, 0.5) is 17.6 Å². The number of pyridine rings is 1. The molecule has 0 radical (unpaired) electrons. The first-order chi connectivity index (χ1) is 10.3. The minimum atomic E-state index is -2.51. The summed E-state index contributed by atoms with van der Waals surface area (Å²) in [5.74, 6) is -14.6. The summed E-state index contributed by atoms with van der Waals surface area (Å²) in [4.78, 5) is 24.3. The van der Waals surface area contributed by atoms with E-state index in [1.807, 2.05) is 18.2 Å². The van der Waals surface area contributed by atoms with Crippen molar-refractivity contribution < 1.29 is 48.3 Å². The summed E-state index contributed by atoms with van der Waals surface area (Å²) < 4.78 is 50.8. The molecule has 0 bridgehead atoms. The summed E-state index contributed by atoms with van der Waals surface area (Å²) in [6, 6.07) is 5.72. The quantitative estimate of drug-likeness (QED) is 0.207. The number of aromatic nitrogens is 1. The zero-order chi connectivity index (χ0) is 16.9. The van der Waals surface area contributed by atoms with Crippen molar-refractivity contribution >= 4 is 60.8 Å². The number of hydrogen-bond acceptors (Lipinski definition) is 5. The fourth-order valence-corrected chi connectivity index (χ4v) is 1.33. The molecule has 4 N–H and O–H groups in total. The maximum Gasteiger partial charge on any atom is 2.00 e. The van der Waals surface area contributed by atoms with Crippen LogP contribution in [0.2, 0.25) is 0 Å². The minimum absolute atomic E-state index is 0. The van der Waals surface area contributed by atoms with E-state index in [2.05, 4.69) is 4.98 Å². The van der Waals surface area contributed by atoms with Gasteiger partial charge in [0, 0.05) is 23.5 Å². The predicted octanol–water partition coefficient (Wildman–Crippen LogP) is -1.98. The van der Waals surface area contributed by atoms with Gasteiger partial charge in [-0.25, -0.2) is 17.6 Å². The van der Waals surface area contributed by atoms with Crippen molar-refractivity contribution in [2.24, 2.45) is 0 Å². The zero-order valence-electron chi connectivity index (χ0n) is 12.2. The van der Waals surface area contributed by atoms with Gasteiger partial charge in [0.1, 0.15) is 0 Å². The van der Waals surface area contributed by atoms with Crippen molar-refractivity contribution in [2.75, 3.05) is 0 Å². The number of carboxylic acids is 2. The van der Waals surface area contributed by atoms with E-state index in [-0.39, 0.29) is 59.8 Å². The Bertz CT molecular complexity index is 646. The molecule has 7 nitrogen and oxygen atoms in total. The molecular weight excluding hydrogens is 479 g/mol. The molecule has 0 saturated heterocycles. The van der Waals surface area contributed by atoms with Crippen LogP contribution in [0.25, 0.3) is 0 Å². The molecule has 132 valence electrons. The van der Waals surface area contributed by atoms with E-state index < -0.39 is 46.3 Å². The van der Waals surface area contributed by atoms with E-state index in [9.17, 15) is 37.4 Å². The minimum Gasteiger partial charge on any atom is -0.545 e. The third-order valence-electron chi connectivity index (χ3n) is 2.24. The van der Waals surface area contributed by atoms with Gasteiger partial charge in [0.15, 0.2) is 23.3 Å². The topological polar surface area (TPSA) is 156 Å². The molecule has 12 heteroatoms. The SMILES string of the molecule is O.O.O=C([O-])c1c(F)c(F)c(F)c(F)c1C(=O)[O-].[Ba+2].c1ccncc1. The number of aromatic carboxylic acids is 2. The molecular formula is C13H9BaF4NO6. The summed E-state index contributed by atoms with van der Waals surface area (Å²) in [7, 11) is 0. The van der Waals surface area contributed by atoms with Crippen LogP contribution >= 0.6 is 0 Å². The molecule has 1 heterocycles. The third kappa shape index (κ3) is 7.11. The van der Waals surface area contributed by atoms with Crippen LogP contribution in [-0.4, -0.2) is 76.8 Å². The molecule has 0 atom stereocenters. The standard InChI is InChI=1S/C8H2F4O4.C5H5N.Ba.2H2O/c9-3-1(7(13)14)2(8(15)16)4(10)6(12)5(3)11;1-2-4-6-5-3-1;;;/h(H,13,14)(H,15,16);1-5H;;2*1H2/q;;+2;;/p-2. The summed E-state index contributed by atoms with van der Waals surface area (Å²) >= 11 is 0. The number of rotatable bonds is 2. The Balaban J connectivity index is -0.000000461. The van der Waals surface area contributed by atoms with Gasteiger partial charge in [-0.05, 0) is 12.1 Å². The number of carbonyl (C=O) groups excluding carboxylic acids is 2. The second-order valence-corrected chi connectivity index (χ2v) is 3.61. The van der Waals surface area contributed by atoms with E-state index in [1.54, 1.807) is 12.4 Å². The number of halogens is 4. The number of benzene rings is 1. The first kappa shape index (κ1) is 28.3. The van der Waals surface area contributed by atoms with Crippen molar-refractivity contribution in [3.63, 3.8) is 0 Å². The van der Waals surface area contributed by atoms with Crippen molar-refractivity contribution in [1.82, 2.24) is 4.98 Å². The van der Waals surface area contributed by atoms with Gasteiger partial charge in [0.05, 0.1) is 11.9 Å². The van der Waals surface area contributed by atoms with Crippen LogP contribution < -0.4 is 10.2 Å². The molecule has 25 heavy (non-hydrogen) atoms. The van der Waals surface area contributed by atoms with E-state index in [0.717, 1.165) is 0 Å². The van der Waals surface area contributed by atoms with Gasteiger partial charge >= 0.3 is 48.9 Å². The van der Waals surface area contributed by atoms with E-state index in [4.69, 9.17) is 0 Å². The van der Waals surface area contributed by atoms with Gasteiger partial charge < -0.3 is 30.8 Å². The molecule has 0 aliphatic heterocycles. The van der Waals surface area contributed by atoms with Crippen molar-refractivity contribution in [3.05, 3.63) is 65.0 Å². The largest absolute Gasteiger partial charge is 2.00 e. The van der Waals surface area contributed by atoms with Gasteiger partial charge in [-0.15, -0.1) is 0 Å². The van der Waals surface area contributed by atoms with Crippen LogP contribution in [0.3, 0.4) is 0 Å². The van der Waals surface area contributed by atoms with Gasteiger partial charge in [-0.3, -0.25) is 4.98 Å². The number of carboxylic acid groups (broad SMARTS) is 2. The third-order valence-corrected chi connectivity index (χ3v) is 2.24. The van der Waals surface area contributed by atoms with Crippen molar-refractivity contribution in [1.29, 1.82) is 0 Å². The average molecular weight is 489 g/mol. The molecule has 0 saturated carbocycles.